The first kappa shape index (κ1) is 10.5. The average Bonchev–Trinajstić information content (AvgIpc) is 2.31. The minimum Gasteiger partial charge on any atom is -0.264 e. The second kappa shape index (κ2) is 5.19. The summed E-state index contributed by atoms with van der Waals surface area (Å²) < 4.78 is 10.5. The summed E-state index contributed by atoms with van der Waals surface area (Å²) in [5, 5.41) is 7.63. The van der Waals surface area contributed by atoms with Crippen LogP contribution in [0.5, 0.6) is 11.5 Å². The number of pyridine rings is 2. The predicted molar refractivity (Wildman–Crippen MR) is 59.4 cm³/mol. The molecule has 0 aliphatic carbocycles. The third kappa shape index (κ3) is 3.00. The summed E-state index contributed by atoms with van der Waals surface area (Å²) in [5.41, 5.74) is 0. The lowest BCUT2D eigenvalue weighted by atomic mass is 10.5. The summed E-state index contributed by atoms with van der Waals surface area (Å²) >= 11 is 0. The zero-order chi connectivity index (χ0) is 11.2. The molecule has 0 unspecified atom stereocenters. The van der Waals surface area contributed by atoms with Crippen LogP contribution in [0.15, 0.2) is 49.1 Å². The molecule has 0 aromatic carbocycles. The molecule has 0 saturated carbocycles. The van der Waals surface area contributed by atoms with Gasteiger partial charge in [0.2, 0.25) is 0 Å². The minimum atomic E-state index is -1.74. The summed E-state index contributed by atoms with van der Waals surface area (Å²) in [5.74, 6) is 1.15. The number of hydrogen-bond donors (Lipinski definition) is 1. The van der Waals surface area contributed by atoms with E-state index in [9.17, 15) is 0 Å². The molecular weight excluding hydrogens is 225 g/mol. The Morgan fingerprint density at radius 2 is 1.19 bits per heavy atom. The van der Waals surface area contributed by atoms with E-state index in [1.165, 1.54) is 0 Å². The summed E-state index contributed by atoms with van der Waals surface area (Å²) in [6.07, 6.45) is 6.41. The Morgan fingerprint density at radius 1 is 0.812 bits per heavy atom. The second-order valence-corrected chi connectivity index (χ2v) is 3.68. The fourth-order valence-corrected chi connectivity index (χ4v) is 1.67. The van der Waals surface area contributed by atoms with Crippen molar-refractivity contribution in [2.45, 2.75) is 0 Å². The Balaban J connectivity index is 1.95. The number of nitrogens with zero attached hydrogens (tertiary/aromatic N) is 2. The molecule has 2 rings (SSSR count). The van der Waals surface area contributed by atoms with Crippen molar-refractivity contribution in [3.63, 3.8) is 0 Å². The number of aromatic nitrogens is 2. The number of nitrogens with one attached hydrogen (secondary N) is 1. The first-order valence-corrected chi connectivity index (χ1v) is 5.70. The minimum absolute atomic E-state index is 0.574. The molecule has 2 heterocycles. The first-order chi connectivity index (χ1) is 7.84. The van der Waals surface area contributed by atoms with Crippen molar-refractivity contribution in [2.75, 3.05) is 0 Å². The van der Waals surface area contributed by atoms with E-state index in [4.69, 9.17) is 14.2 Å². The van der Waals surface area contributed by atoms with Crippen LogP contribution in [-0.2, 0) is 0 Å². The summed E-state index contributed by atoms with van der Waals surface area (Å²) in [6, 6.07) is 6.72. The molecule has 80 valence electrons. The van der Waals surface area contributed by atoms with E-state index in [-0.39, 0.29) is 0 Å². The lowest BCUT2D eigenvalue weighted by Crippen LogP contribution is -1.88. The van der Waals surface area contributed by atoms with Crippen LogP contribution in [0.4, 0.5) is 0 Å². The van der Waals surface area contributed by atoms with E-state index in [1.54, 1.807) is 49.1 Å². The van der Waals surface area contributed by atoms with Gasteiger partial charge in [0.25, 0.3) is 0 Å². The molecule has 0 atom stereocenters. The maximum Gasteiger partial charge on any atom is 0.664 e. The third-order valence-electron chi connectivity index (χ3n) is 1.68. The molecule has 0 fully saturated rings. The Kier molecular flexibility index (Phi) is 3.41. The van der Waals surface area contributed by atoms with Gasteiger partial charge in [0.1, 0.15) is 0 Å². The van der Waals surface area contributed by atoms with Crippen molar-refractivity contribution >= 4 is 8.17 Å². The molecule has 0 amide bonds. The molecule has 1 N–H and O–H groups in total. The zero-order valence-corrected chi connectivity index (χ0v) is 9.17. The Bertz CT molecular complexity index is 421. The molecule has 0 radical (unpaired) electrons. The monoisotopic (exact) mass is 234 g/mol. The van der Waals surface area contributed by atoms with E-state index < -0.39 is 8.17 Å². The fourth-order valence-electron chi connectivity index (χ4n) is 1.01. The van der Waals surface area contributed by atoms with Crippen LogP contribution in [0.3, 0.4) is 0 Å². The average molecular weight is 234 g/mol. The number of rotatable bonds is 4. The SMILES string of the molecule is N=[P+](Oc1ccncc1)Oc1ccncc1. The number of hydrogen-bond acceptors (Lipinski definition) is 5. The smallest absolute Gasteiger partial charge is 0.264 e. The van der Waals surface area contributed by atoms with Crippen LogP contribution in [0.25, 0.3) is 0 Å². The second-order valence-electron chi connectivity index (χ2n) is 2.81. The van der Waals surface area contributed by atoms with Gasteiger partial charge in [0.05, 0.1) is 0 Å². The summed E-state index contributed by atoms with van der Waals surface area (Å²) in [4.78, 5) is 7.71. The van der Waals surface area contributed by atoms with Gasteiger partial charge in [0.15, 0.2) is 11.5 Å². The van der Waals surface area contributed by atoms with Gasteiger partial charge in [0, 0.05) is 49.1 Å². The molecule has 16 heavy (non-hydrogen) atoms. The topological polar surface area (TPSA) is 68.1 Å². The highest BCUT2D eigenvalue weighted by atomic mass is 31.1. The normalized spacial score (nSPS) is 9.50. The highest BCUT2D eigenvalue weighted by molar-refractivity contribution is 7.35. The van der Waals surface area contributed by atoms with E-state index in [2.05, 4.69) is 9.97 Å². The molecule has 2 aromatic rings. The van der Waals surface area contributed by atoms with Gasteiger partial charge < -0.3 is 0 Å². The highest BCUT2D eigenvalue weighted by Gasteiger charge is 2.17. The standard InChI is InChI=1S/C10H9N3O2P/c11-16(14-9-1-5-12-6-2-9)15-10-3-7-13-8-4-10/h1-8,11H/q+1. The predicted octanol–water partition coefficient (Wildman–Crippen LogP) is 3.01. The van der Waals surface area contributed by atoms with Crippen LogP contribution >= 0.6 is 8.17 Å². The highest BCUT2D eigenvalue weighted by Crippen LogP contribution is 2.29. The van der Waals surface area contributed by atoms with Crippen molar-refractivity contribution < 1.29 is 9.05 Å². The van der Waals surface area contributed by atoms with Gasteiger partial charge in [-0.2, -0.15) is 0 Å². The summed E-state index contributed by atoms with van der Waals surface area (Å²) in [6.45, 7) is 0. The molecule has 0 aliphatic heterocycles. The molecular formula is C10H9N3O2P+. The maximum absolute atomic E-state index is 7.63. The van der Waals surface area contributed by atoms with Gasteiger partial charge in [-0.05, 0) is 5.16 Å². The van der Waals surface area contributed by atoms with Crippen molar-refractivity contribution in [1.29, 1.82) is 5.16 Å². The van der Waals surface area contributed by atoms with Gasteiger partial charge in [-0.3, -0.25) is 9.97 Å². The van der Waals surface area contributed by atoms with Crippen molar-refractivity contribution in [3.05, 3.63) is 49.1 Å². The van der Waals surface area contributed by atoms with Crippen LogP contribution in [-0.4, -0.2) is 9.97 Å². The van der Waals surface area contributed by atoms with Crippen LogP contribution < -0.4 is 9.05 Å². The molecule has 2 aromatic heterocycles. The Labute approximate surface area is 93.5 Å². The van der Waals surface area contributed by atoms with E-state index in [0.717, 1.165) is 0 Å². The Hall–Kier alpha value is -2.00. The van der Waals surface area contributed by atoms with Crippen LogP contribution in [0.2, 0.25) is 0 Å². The molecule has 5 nitrogen and oxygen atoms in total. The van der Waals surface area contributed by atoms with Gasteiger partial charge in [-0.25, -0.2) is 9.05 Å². The van der Waals surface area contributed by atoms with Gasteiger partial charge >= 0.3 is 8.17 Å². The quantitative estimate of drug-likeness (QED) is 0.825. The molecule has 0 spiro atoms. The Morgan fingerprint density at radius 3 is 1.56 bits per heavy atom. The molecule has 0 saturated heterocycles. The lowest BCUT2D eigenvalue weighted by Gasteiger charge is -1.94. The largest absolute Gasteiger partial charge is 0.664 e. The maximum atomic E-state index is 7.63. The third-order valence-corrected chi connectivity index (χ3v) is 2.43. The molecule has 6 heteroatoms. The van der Waals surface area contributed by atoms with Crippen molar-refractivity contribution in [1.82, 2.24) is 9.97 Å². The van der Waals surface area contributed by atoms with Gasteiger partial charge in [-0.15, -0.1) is 0 Å². The summed E-state index contributed by atoms with van der Waals surface area (Å²) in [7, 11) is -1.74. The zero-order valence-electron chi connectivity index (χ0n) is 8.28. The molecule has 0 bridgehead atoms. The lowest BCUT2D eigenvalue weighted by molar-refractivity contribution is 0.498. The van der Waals surface area contributed by atoms with Gasteiger partial charge in [-0.1, -0.05) is 0 Å². The van der Waals surface area contributed by atoms with E-state index in [1.807, 2.05) is 0 Å². The molecule has 0 aliphatic rings. The first-order valence-electron chi connectivity index (χ1n) is 4.52. The van der Waals surface area contributed by atoms with Crippen molar-refractivity contribution in [2.24, 2.45) is 0 Å². The van der Waals surface area contributed by atoms with Crippen molar-refractivity contribution in [3.8, 4) is 11.5 Å². The van der Waals surface area contributed by atoms with Crippen LogP contribution in [0.1, 0.15) is 0 Å². The van der Waals surface area contributed by atoms with E-state index >= 15 is 0 Å². The van der Waals surface area contributed by atoms with E-state index in [0.29, 0.717) is 11.5 Å². The fraction of sp³-hybridized carbons (Fsp3) is 0. The van der Waals surface area contributed by atoms with Crippen LogP contribution in [0, 0.1) is 5.16 Å².